The van der Waals surface area contributed by atoms with Gasteiger partial charge in [0, 0.05) is 5.69 Å². The quantitative estimate of drug-likeness (QED) is 0.584. The number of para-hydroxylation sites is 1. The summed E-state index contributed by atoms with van der Waals surface area (Å²) in [6, 6.07) is 5.03. The van der Waals surface area contributed by atoms with Crippen LogP contribution in [-0.2, 0) is 0 Å². The van der Waals surface area contributed by atoms with Crippen molar-refractivity contribution in [2.45, 2.75) is 19.8 Å². The number of amides is 2. The largest absolute Gasteiger partial charge is 0.363 e. The number of hydrogen-bond donors (Lipinski definition) is 4. The highest BCUT2D eigenvalue weighted by Crippen LogP contribution is 2.18. The summed E-state index contributed by atoms with van der Waals surface area (Å²) < 4.78 is 0. The number of imidazole rings is 2. The molecule has 0 aliphatic rings. The van der Waals surface area contributed by atoms with Crippen LogP contribution in [0.2, 0.25) is 0 Å². The first-order valence-electron chi connectivity index (χ1n) is 7.10. The van der Waals surface area contributed by atoms with Crippen molar-refractivity contribution in [3.05, 3.63) is 41.5 Å². The Labute approximate surface area is 131 Å². The number of rotatable bonds is 4. The number of nitrogens with two attached hydrogens (primary N) is 1. The monoisotopic (exact) mass is 312 g/mol. The molecule has 2 heterocycles. The van der Waals surface area contributed by atoms with Crippen LogP contribution in [0.5, 0.6) is 0 Å². The number of hydrogen-bond acceptors (Lipinski definition) is 4. The fourth-order valence-corrected chi connectivity index (χ4v) is 2.20. The second-order valence-corrected chi connectivity index (χ2v) is 5.45. The molecule has 2 aromatic heterocycles. The van der Waals surface area contributed by atoms with Gasteiger partial charge in [-0.25, -0.2) is 9.97 Å². The fourth-order valence-electron chi connectivity index (χ4n) is 2.20. The summed E-state index contributed by atoms with van der Waals surface area (Å²) >= 11 is 0. The number of H-pyrrole nitrogens is 2. The molecule has 0 spiro atoms. The molecule has 1 aromatic carbocycles. The normalized spacial score (nSPS) is 11.1. The summed E-state index contributed by atoms with van der Waals surface area (Å²) in [5.74, 6) is -0.398. The van der Waals surface area contributed by atoms with Crippen LogP contribution in [0.4, 0.5) is 5.95 Å². The molecule has 118 valence electrons. The van der Waals surface area contributed by atoms with Gasteiger partial charge >= 0.3 is 0 Å². The molecule has 0 bridgehead atoms. The van der Waals surface area contributed by atoms with Crippen LogP contribution >= 0.6 is 0 Å². The van der Waals surface area contributed by atoms with Crippen LogP contribution in [0, 0.1) is 0 Å². The smallest absolute Gasteiger partial charge is 0.284 e. The number of aromatic amines is 2. The summed E-state index contributed by atoms with van der Waals surface area (Å²) in [5.41, 5.74) is 7.41. The van der Waals surface area contributed by atoms with Gasteiger partial charge in [0.25, 0.3) is 11.8 Å². The van der Waals surface area contributed by atoms with Gasteiger partial charge < -0.3 is 15.7 Å². The first-order chi connectivity index (χ1) is 11.0. The molecule has 0 unspecified atom stereocenters. The Morgan fingerprint density at radius 3 is 2.70 bits per heavy atom. The number of nitrogens with zero attached hydrogens (tertiary/aromatic N) is 2. The summed E-state index contributed by atoms with van der Waals surface area (Å²) in [6.45, 7) is 4.05. The molecule has 5 N–H and O–H groups in total. The molecule has 8 heteroatoms. The maximum Gasteiger partial charge on any atom is 0.284 e. The Hall–Kier alpha value is -3.16. The van der Waals surface area contributed by atoms with E-state index in [0.717, 1.165) is 5.69 Å². The zero-order valence-corrected chi connectivity index (χ0v) is 12.7. The SMILES string of the molecule is CC(C)c1cnc(NC(=O)c2cccc3[nH]c(C(N)=O)nc23)[nH]1. The van der Waals surface area contributed by atoms with Crippen molar-refractivity contribution in [3.8, 4) is 0 Å². The predicted molar refractivity (Wildman–Crippen MR) is 85.2 cm³/mol. The minimum absolute atomic E-state index is 0.0142. The molecule has 3 rings (SSSR count). The molecule has 3 aromatic rings. The number of aromatic nitrogens is 4. The van der Waals surface area contributed by atoms with Gasteiger partial charge in [-0.05, 0) is 18.1 Å². The van der Waals surface area contributed by atoms with Gasteiger partial charge in [0.15, 0.2) is 5.82 Å². The van der Waals surface area contributed by atoms with Crippen LogP contribution in [-0.4, -0.2) is 31.8 Å². The first-order valence-corrected chi connectivity index (χ1v) is 7.10. The number of primary amides is 1. The zero-order valence-electron chi connectivity index (χ0n) is 12.7. The van der Waals surface area contributed by atoms with E-state index >= 15 is 0 Å². The third-order valence-electron chi connectivity index (χ3n) is 3.44. The zero-order chi connectivity index (χ0) is 16.6. The molecule has 0 atom stereocenters. The summed E-state index contributed by atoms with van der Waals surface area (Å²) in [4.78, 5) is 37.7. The lowest BCUT2D eigenvalue weighted by Gasteiger charge is -2.03. The van der Waals surface area contributed by atoms with Gasteiger partial charge in [0.05, 0.1) is 17.3 Å². The van der Waals surface area contributed by atoms with E-state index in [1.54, 1.807) is 24.4 Å². The van der Waals surface area contributed by atoms with Crippen LogP contribution in [0.3, 0.4) is 0 Å². The molecule has 0 radical (unpaired) electrons. The molecule has 8 nitrogen and oxygen atoms in total. The molecule has 0 aliphatic carbocycles. The van der Waals surface area contributed by atoms with Crippen LogP contribution in [0.1, 0.15) is 46.4 Å². The van der Waals surface area contributed by atoms with Gasteiger partial charge in [0.2, 0.25) is 5.95 Å². The van der Waals surface area contributed by atoms with Crippen molar-refractivity contribution in [1.29, 1.82) is 0 Å². The molecule has 0 fully saturated rings. The van der Waals surface area contributed by atoms with E-state index in [0.29, 0.717) is 22.5 Å². The van der Waals surface area contributed by atoms with Crippen molar-refractivity contribution >= 4 is 28.8 Å². The predicted octanol–water partition coefficient (Wildman–Crippen LogP) is 1.76. The van der Waals surface area contributed by atoms with Crippen molar-refractivity contribution in [2.24, 2.45) is 5.73 Å². The molecule has 0 saturated carbocycles. The highest BCUT2D eigenvalue weighted by Gasteiger charge is 2.16. The number of benzene rings is 1. The maximum atomic E-state index is 12.4. The average molecular weight is 312 g/mol. The highest BCUT2D eigenvalue weighted by molar-refractivity contribution is 6.11. The number of fused-ring (bicyclic) bond motifs is 1. The van der Waals surface area contributed by atoms with Crippen molar-refractivity contribution in [2.75, 3.05) is 5.32 Å². The maximum absolute atomic E-state index is 12.4. The lowest BCUT2D eigenvalue weighted by molar-refractivity contribution is 0.0989. The first kappa shape index (κ1) is 14.8. The van der Waals surface area contributed by atoms with Gasteiger partial charge in [-0.3, -0.25) is 14.9 Å². The second kappa shape index (κ2) is 5.56. The van der Waals surface area contributed by atoms with Gasteiger partial charge in [0.1, 0.15) is 5.52 Å². The standard InChI is InChI=1S/C15H16N6O2/c1-7(2)10-6-17-15(19-10)21-14(23)8-4-3-5-9-11(8)20-13(18-9)12(16)22/h3-7H,1-2H3,(H2,16,22)(H,18,20)(H2,17,19,21,23). The topological polar surface area (TPSA) is 130 Å². The van der Waals surface area contributed by atoms with Crippen LogP contribution < -0.4 is 11.1 Å². The van der Waals surface area contributed by atoms with Crippen molar-refractivity contribution in [3.63, 3.8) is 0 Å². The summed E-state index contributed by atoms with van der Waals surface area (Å²) in [5, 5.41) is 2.69. The molecule has 2 amide bonds. The summed E-state index contributed by atoms with van der Waals surface area (Å²) in [6.07, 6.45) is 1.68. The number of nitrogens with one attached hydrogen (secondary N) is 3. The van der Waals surface area contributed by atoms with Crippen molar-refractivity contribution in [1.82, 2.24) is 19.9 Å². The molecule has 23 heavy (non-hydrogen) atoms. The lowest BCUT2D eigenvalue weighted by Crippen LogP contribution is -2.14. The summed E-state index contributed by atoms with van der Waals surface area (Å²) in [7, 11) is 0. The lowest BCUT2D eigenvalue weighted by atomic mass is 10.1. The second-order valence-electron chi connectivity index (χ2n) is 5.45. The molecule has 0 saturated heterocycles. The van der Waals surface area contributed by atoms with E-state index in [-0.39, 0.29) is 17.6 Å². The Kier molecular flexibility index (Phi) is 3.57. The molecular weight excluding hydrogens is 296 g/mol. The van der Waals surface area contributed by atoms with Gasteiger partial charge in [-0.2, -0.15) is 0 Å². The minimum Gasteiger partial charge on any atom is -0.363 e. The van der Waals surface area contributed by atoms with Gasteiger partial charge in [-0.1, -0.05) is 19.9 Å². The van der Waals surface area contributed by atoms with E-state index in [1.807, 2.05) is 13.8 Å². The fraction of sp³-hybridized carbons (Fsp3) is 0.200. The molecule has 0 aliphatic heterocycles. The van der Waals surface area contributed by atoms with E-state index < -0.39 is 5.91 Å². The third-order valence-corrected chi connectivity index (χ3v) is 3.44. The average Bonchev–Trinajstić information content (AvgIpc) is 3.12. The minimum atomic E-state index is -0.680. The highest BCUT2D eigenvalue weighted by atomic mass is 16.2. The van der Waals surface area contributed by atoms with Gasteiger partial charge in [-0.15, -0.1) is 0 Å². The van der Waals surface area contributed by atoms with E-state index in [4.69, 9.17) is 5.73 Å². The van der Waals surface area contributed by atoms with E-state index in [9.17, 15) is 9.59 Å². The van der Waals surface area contributed by atoms with E-state index in [1.165, 1.54) is 0 Å². The Bertz CT molecular complexity index is 892. The van der Waals surface area contributed by atoms with E-state index in [2.05, 4.69) is 25.3 Å². The number of anilines is 1. The van der Waals surface area contributed by atoms with Crippen LogP contribution in [0.25, 0.3) is 11.0 Å². The number of carbonyl (C=O) groups is 2. The Morgan fingerprint density at radius 2 is 2.04 bits per heavy atom. The van der Waals surface area contributed by atoms with Crippen molar-refractivity contribution < 1.29 is 9.59 Å². The number of carbonyl (C=O) groups excluding carboxylic acids is 2. The van der Waals surface area contributed by atoms with Crippen LogP contribution in [0.15, 0.2) is 24.4 Å². The third kappa shape index (κ3) is 2.78. The Morgan fingerprint density at radius 1 is 1.26 bits per heavy atom. The molecular formula is C15H16N6O2. The Balaban J connectivity index is 1.92.